The Morgan fingerprint density at radius 1 is 1.15 bits per heavy atom. The number of hydrogen-bond acceptors (Lipinski definition) is 4. The smallest absolute Gasteiger partial charge is 0.260 e. The summed E-state index contributed by atoms with van der Waals surface area (Å²) in [6.45, 7) is 6.94. The van der Waals surface area contributed by atoms with E-state index in [4.69, 9.17) is 4.74 Å². The maximum Gasteiger partial charge on any atom is 0.260 e. The largest absolute Gasteiger partial charge is 0.483 e. The van der Waals surface area contributed by atoms with Crippen LogP contribution in [0.15, 0.2) is 36.7 Å². The Hall–Kier alpha value is -2.40. The van der Waals surface area contributed by atoms with Crippen molar-refractivity contribution >= 4 is 5.91 Å². The summed E-state index contributed by atoms with van der Waals surface area (Å²) in [6.07, 6.45) is 3.74. The number of hydrogen-bond donors (Lipinski definition) is 1. The van der Waals surface area contributed by atoms with E-state index in [2.05, 4.69) is 11.1 Å². The van der Waals surface area contributed by atoms with Gasteiger partial charge in [0.1, 0.15) is 5.75 Å². The highest BCUT2D eigenvalue weighted by atomic mass is 16.5. The predicted molar refractivity (Wildman–Crippen MR) is 100 cm³/mol. The summed E-state index contributed by atoms with van der Waals surface area (Å²) in [5.41, 5.74) is 4.36. The number of aryl methyl sites for hydroxylation is 2. The average Bonchev–Trinajstić information content (AvgIpc) is 3.00. The van der Waals surface area contributed by atoms with Gasteiger partial charge in [0.2, 0.25) is 0 Å². The molecule has 1 aromatic heterocycles. The van der Waals surface area contributed by atoms with Crippen molar-refractivity contribution in [2.45, 2.75) is 33.3 Å². The second-order valence-electron chi connectivity index (χ2n) is 7.13. The lowest BCUT2D eigenvalue weighted by Gasteiger charge is -2.18. The van der Waals surface area contributed by atoms with Gasteiger partial charge >= 0.3 is 0 Å². The molecule has 1 aliphatic rings. The van der Waals surface area contributed by atoms with Gasteiger partial charge in [0.15, 0.2) is 6.61 Å². The van der Waals surface area contributed by atoms with Crippen LogP contribution in [0.1, 0.15) is 22.3 Å². The number of pyridine rings is 1. The van der Waals surface area contributed by atoms with Crippen LogP contribution in [0.3, 0.4) is 0 Å². The summed E-state index contributed by atoms with van der Waals surface area (Å²) < 4.78 is 5.83. The van der Waals surface area contributed by atoms with Gasteiger partial charge in [-0.15, -0.1) is 0 Å². The minimum Gasteiger partial charge on any atom is -0.483 e. The van der Waals surface area contributed by atoms with E-state index < -0.39 is 6.10 Å². The molecule has 0 bridgehead atoms. The first-order chi connectivity index (χ1) is 12.5. The highest BCUT2D eigenvalue weighted by molar-refractivity contribution is 5.78. The minimum absolute atomic E-state index is 0.000168. The molecule has 5 nitrogen and oxygen atoms in total. The molecule has 0 aliphatic carbocycles. The fourth-order valence-electron chi connectivity index (χ4n) is 3.45. The van der Waals surface area contributed by atoms with Crippen molar-refractivity contribution < 1.29 is 14.6 Å². The molecule has 2 aromatic rings. The molecule has 138 valence electrons. The number of nitrogens with zero attached hydrogens (tertiary/aromatic N) is 2. The van der Waals surface area contributed by atoms with E-state index in [1.54, 1.807) is 17.3 Å². The van der Waals surface area contributed by atoms with Crippen molar-refractivity contribution in [2.75, 3.05) is 19.7 Å². The van der Waals surface area contributed by atoms with Crippen LogP contribution in [0.2, 0.25) is 0 Å². The maximum atomic E-state index is 12.5. The van der Waals surface area contributed by atoms with Crippen LogP contribution in [0.4, 0.5) is 0 Å². The van der Waals surface area contributed by atoms with E-state index in [-0.39, 0.29) is 18.4 Å². The molecule has 5 heteroatoms. The van der Waals surface area contributed by atoms with Gasteiger partial charge < -0.3 is 14.7 Å². The zero-order chi connectivity index (χ0) is 18.7. The van der Waals surface area contributed by atoms with Crippen LogP contribution < -0.4 is 4.74 Å². The first-order valence-electron chi connectivity index (χ1n) is 9.00. The maximum absolute atomic E-state index is 12.5. The van der Waals surface area contributed by atoms with Crippen LogP contribution >= 0.6 is 0 Å². The van der Waals surface area contributed by atoms with Crippen molar-refractivity contribution in [3.8, 4) is 5.75 Å². The molecule has 0 unspecified atom stereocenters. The number of carbonyl (C=O) groups excluding carboxylic acids is 1. The Morgan fingerprint density at radius 3 is 2.58 bits per heavy atom. The standard InChI is InChI=1S/C21H26N2O3/c1-14-4-5-15(2)21(16(14)3)26-13-20(25)23-11-18(19(24)12-23)10-17-6-8-22-9-7-17/h4-9,18-19,24H,10-13H2,1-3H3/t18-,19-/m1/s1. The molecule has 2 heterocycles. The van der Waals surface area contributed by atoms with Gasteiger partial charge in [-0.3, -0.25) is 9.78 Å². The molecule has 1 amide bonds. The van der Waals surface area contributed by atoms with E-state index in [1.807, 2.05) is 39.0 Å². The molecule has 1 aromatic carbocycles. The molecule has 0 spiro atoms. The van der Waals surface area contributed by atoms with Gasteiger partial charge in [-0.1, -0.05) is 12.1 Å². The molecular formula is C21H26N2O3. The topological polar surface area (TPSA) is 62.7 Å². The Morgan fingerprint density at radius 2 is 1.85 bits per heavy atom. The fourth-order valence-corrected chi connectivity index (χ4v) is 3.45. The van der Waals surface area contributed by atoms with Crippen LogP contribution in [0.25, 0.3) is 0 Å². The third kappa shape index (κ3) is 4.05. The monoisotopic (exact) mass is 354 g/mol. The zero-order valence-electron chi connectivity index (χ0n) is 15.6. The van der Waals surface area contributed by atoms with Crippen LogP contribution in [-0.4, -0.2) is 46.7 Å². The van der Waals surface area contributed by atoms with E-state index in [9.17, 15) is 9.90 Å². The minimum atomic E-state index is -0.505. The third-order valence-electron chi connectivity index (χ3n) is 5.22. The Balaban J connectivity index is 1.58. The van der Waals surface area contributed by atoms with E-state index in [0.717, 1.165) is 34.4 Å². The second kappa shape index (κ2) is 7.87. The van der Waals surface area contributed by atoms with Crippen LogP contribution in [-0.2, 0) is 11.2 Å². The summed E-state index contributed by atoms with van der Waals surface area (Å²) in [5.74, 6) is 0.747. The summed E-state index contributed by atoms with van der Waals surface area (Å²) in [5, 5.41) is 10.3. The molecule has 0 radical (unpaired) electrons. The quantitative estimate of drug-likeness (QED) is 0.896. The van der Waals surface area contributed by atoms with Crippen molar-refractivity contribution in [3.05, 3.63) is 58.9 Å². The number of likely N-dealkylation sites (tertiary alicyclic amines) is 1. The normalized spacial score (nSPS) is 19.6. The Bertz CT molecular complexity index is 776. The van der Waals surface area contributed by atoms with Gasteiger partial charge in [-0.25, -0.2) is 0 Å². The molecule has 1 N–H and O–H groups in total. The molecule has 1 aliphatic heterocycles. The molecule has 2 atom stereocenters. The van der Waals surface area contributed by atoms with Crippen LogP contribution in [0, 0.1) is 26.7 Å². The number of carbonyl (C=O) groups is 1. The number of rotatable bonds is 5. The molecule has 1 fully saturated rings. The van der Waals surface area contributed by atoms with E-state index in [1.165, 1.54) is 0 Å². The van der Waals surface area contributed by atoms with E-state index >= 15 is 0 Å². The van der Waals surface area contributed by atoms with Gasteiger partial charge in [0.25, 0.3) is 5.91 Å². The lowest BCUT2D eigenvalue weighted by Crippen LogP contribution is -2.34. The molecule has 1 saturated heterocycles. The molecule has 3 rings (SSSR count). The van der Waals surface area contributed by atoms with Crippen LogP contribution in [0.5, 0.6) is 5.75 Å². The number of benzene rings is 1. The second-order valence-corrected chi connectivity index (χ2v) is 7.13. The number of aliphatic hydroxyl groups excluding tert-OH is 1. The number of aromatic nitrogens is 1. The SMILES string of the molecule is Cc1ccc(C)c(OCC(=O)N2C[C@@H](Cc3ccncc3)[C@H](O)C2)c1C. The van der Waals surface area contributed by atoms with E-state index in [0.29, 0.717) is 13.1 Å². The zero-order valence-corrected chi connectivity index (χ0v) is 15.6. The van der Waals surface area contributed by atoms with Crippen molar-refractivity contribution in [1.82, 2.24) is 9.88 Å². The first kappa shape index (κ1) is 18.4. The predicted octanol–water partition coefficient (Wildman–Crippen LogP) is 2.45. The number of ether oxygens (including phenoxy) is 1. The van der Waals surface area contributed by atoms with Gasteiger partial charge in [-0.2, -0.15) is 0 Å². The molecular weight excluding hydrogens is 328 g/mol. The lowest BCUT2D eigenvalue weighted by molar-refractivity contribution is -0.132. The number of amides is 1. The Kier molecular flexibility index (Phi) is 5.57. The van der Waals surface area contributed by atoms with Gasteiger partial charge in [0, 0.05) is 31.4 Å². The highest BCUT2D eigenvalue weighted by Gasteiger charge is 2.34. The van der Waals surface area contributed by atoms with Gasteiger partial charge in [0.05, 0.1) is 6.10 Å². The lowest BCUT2D eigenvalue weighted by atomic mass is 9.97. The number of β-amino-alcohol motifs (C(OH)–C–C–N with tert-alkyl or cyclic N) is 1. The Labute approximate surface area is 154 Å². The van der Waals surface area contributed by atoms with Crippen molar-refractivity contribution in [2.24, 2.45) is 5.92 Å². The highest BCUT2D eigenvalue weighted by Crippen LogP contribution is 2.26. The van der Waals surface area contributed by atoms with Crippen molar-refractivity contribution in [1.29, 1.82) is 0 Å². The molecule has 0 saturated carbocycles. The molecule has 26 heavy (non-hydrogen) atoms. The fraction of sp³-hybridized carbons (Fsp3) is 0.429. The first-order valence-corrected chi connectivity index (χ1v) is 9.00. The van der Waals surface area contributed by atoms with Gasteiger partial charge in [-0.05, 0) is 61.6 Å². The summed E-state index contributed by atoms with van der Waals surface area (Å²) >= 11 is 0. The third-order valence-corrected chi connectivity index (χ3v) is 5.22. The average molecular weight is 354 g/mol. The summed E-state index contributed by atoms with van der Waals surface area (Å²) in [6, 6.07) is 7.96. The summed E-state index contributed by atoms with van der Waals surface area (Å²) in [4.78, 5) is 18.3. The summed E-state index contributed by atoms with van der Waals surface area (Å²) in [7, 11) is 0. The van der Waals surface area contributed by atoms with Crippen molar-refractivity contribution in [3.63, 3.8) is 0 Å². The number of aliphatic hydroxyl groups is 1.